The number of para-hydroxylation sites is 1. The fourth-order valence-corrected chi connectivity index (χ4v) is 2.90. The van der Waals surface area contributed by atoms with Crippen LogP contribution in [0.4, 0.5) is 5.69 Å². The molecule has 4 N–H and O–H groups in total. The lowest BCUT2D eigenvalue weighted by atomic mass is 9.85. The lowest BCUT2D eigenvalue weighted by Gasteiger charge is -2.25. The Balaban J connectivity index is 0.00000132. The van der Waals surface area contributed by atoms with Crippen molar-refractivity contribution in [1.82, 2.24) is 9.97 Å². The molecule has 1 fully saturated rings. The second-order valence-electron chi connectivity index (χ2n) is 5.55. The summed E-state index contributed by atoms with van der Waals surface area (Å²) in [6.45, 7) is 0. The van der Waals surface area contributed by atoms with Gasteiger partial charge < -0.3 is 16.0 Å². The molecule has 1 heterocycles. The third-order valence-corrected chi connectivity index (χ3v) is 4.01. The van der Waals surface area contributed by atoms with Crippen molar-refractivity contribution in [2.45, 2.75) is 31.7 Å². The monoisotopic (exact) mass is 358 g/mol. The van der Waals surface area contributed by atoms with E-state index < -0.39 is 0 Å². The Kier molecular flexibility index (Phi) is 7.00. The summed E-state index contributed by atoms with van der Waals surface area (Å²) in [5, 5.41) is 3.36. The molecule has 23 heavy (non-hydrogen) atoms. The van der Waals surface area contributed by atoms with Crippen LogP contribution in [0.5, 0.6) is 0 Å². The van der Waals surface area contributed by atoms with Crippen LogP contribution in [0.25, 0.3) is 10.9 Å². The maximum absolute atomic E-state index is 12.4. The van der Waals surface area contributed by atoms with Crippen LogP contribution >= 0.6 is 24.8 Å². The molecule has 1 saturated carbocycles. The van der Waals surface area contributed by atoms with Crippen molar-refractivity contribution in [2.24, 2.45) is 11.7 Å². The molecule has 1 aromatic carbocycles. The zero-order valence-electron chi connectivity index (χ0n) is 12.5. The van der Waals surface area contributed by atoms with Crippen LogP contribution in [0.2, 0.25) is 0 Å². The van der Waals surface area contributed by atoms with Crippen LogP contribution in [0.15, 0.2) is 29.3 Å². The third-order valence-electron chi connectivity index (χ3n) is 4.01. The van der Waals surface area contributed by atoms with Gasteiger partial charge in [-0.1, -0.05) is 12.5 Å². The molecular formula is C15H20Cl2N4O2. The van der Waals surface area contributed by atoms with Crippen LogP contribution in [0, 0.1) is 5.92 Å². The molecule has 0 aliphatic heterocycles. The van der Waals surface area contributed by atoms with Crippen LogP contribution in [0.3, 0.4) is 0 Å². The summed E-state index contributed by atoms with van der Waals surface area (Å²) in [7, 11) is 0. The molecule has 1 aliphatic rings. The molecular weight excluding hydrogens is 339 g/mol. The Labute approximate surface area is 146 Å². The molecule has 1 amide bonds. The first-order valence-electron chi connectivity index (χ1n) is 7.18. The van der Waals surface area contributed by atoms with Crippen molar-refractivity contribution >= 4 is 47.3 Å². The third kappa shape index (κ3) is 4.22. The molecule has 1 aromatic heterocycles. The number of halogens is 2. The molecule has 0 radical (unpaired) electrons. The van der Waals surface area contributed by atoms with E-state index in [1.807, 2.05) is 0 Å². The minimum Gasteiger partial charge on any atom is -0.328 e. The number of aromatic nitrogens is 2. The number of anilines is 1. The average molecular weight is 359 g/mol. The SMILES string of the molecule is Cl.Cl.N[C@H]1CCC[C@H](C(=O)Nc2cccc3c(=O)[nH]cnc23)C1. The van der Waals surface area contributed by atoms with E-state index in [0.29, 0.717) is 23.0 Å². The number of H-pyrrole nitrogens is 1. The number of hydrogen-bond acceptors (Lipinski definition) is 4. The smallest absolute Gasteiger partial charge is 0.258 e. The second kappa shape index (κ2) is 8.29. The Morgan fingerprint density at radius 1 is 1.30 bits per heavy atom. The van der Waals surface area contributed by atoms with E-state index >= 15 is 0 Å². The minimum absolute atomic E-state index is 0. The van der Waals surface area contributed by atoms with Gasteiger partial charge in [0.1, 0.15) is 5.52 Å². The summed E-state index contributed by atoms with van der Waals surface area (Å²) in [4.78, 5) is 30.8. The summed E-state index contributed by atoms with van der Waals surface area (Å²) >= 11 is 0. The molecule has 2 aromatic rings. The predicted octanol–water partition coefficient (Wildman–Crippen LogP) is 2.22. The van der Waals surface area contributed by atoms with Crippen LogP contribution in [-0.4, -0.2) is 21.9 Å². The number of benzene rings is 1. The van der Waals surface area contributed by atoms with Gasteiger partial charge in [-0.05, 0) is 31.4 Å². The highest BCUT2D eigenvalue weighted by atomic mass is 35.5. The minimum atomic E-state index is -0.212. The van der Waals surface area contributed by atoms with Gasteiger partial charge in [0.25, 0.3) is 5.56 Å². The van der Waals surface area contributed by atoms with E-state index in [9.17, 15) is 9.59 Å². The topological polar surface area (TPSA) is 101 Å². The van der Waals surface area contributed by atoms with Crippen molar-refractivity contribution in [1.29, 1.82) is 0 Å². The van der Waals surface area contributed by atoms with Gasteiger partial charge in [0, 0.05) is 12.0 Å². The van der Waals surface area contributed by atoms with Crippen molar-refractivity contribution in [2.75, 3.05) is 5.32 Å². The molecule has 0 unspecified atom stereocenters. The van der Waals surface area contributed by atoms with Crippen LogP contribution < -0.4 is 16.6 Å². The van der Waals surface area contributed by atoms with E-state index in [1.165, 1.54) is 6.33 Å². The molecule has 3 rings (SSSR count). The summed E-state index contributed by atoms with van der Waals surface area (Å²) in [5.41, 5.74) is 6.80. The van der Waals surface area contributed by atoms with Crippen molar-refractivity contribution < 1.29 is 4.79 Å². The molecule has 126 valence electrons. The number of carbonyl (C=O) groups excluding carboxylic acids is 1. The number of aromatic amines is 1. The number of nitrogens with one attached hydrogen (secondary N) is 2. The number of hydrogen-bond donors (Lipinski definition) is 3. The summed E-state index contributed by atoms with van der Waals surface area (Å²) in [6, 6.07) is 5.28. The predicted molar refractivity (Wildman–Crippen MR) is 95.4 cm³/mol. The van der Waals surface area contributed by atoms with Gasteiger partial charge in [-0.15, -0.1) is 24.8 Å². The normalized spacial score (nSPS) is 20.2. The number of carbonyl (C=O) groups is 1. The van der Waals surface area contributed by atoms with E-state index in [2.05, 4.69) is 15.3 Å². The summed E-state index contributed by atoms with van der Waals surface area (Å²) < 4.78 is 0. The van der Waals surface area contributed by atoms with E-state index in [4.69, 9.17) is 5.73 Å². The highest BCUT2D eigenvalue weighted by molar-refractivity contribution is 6.00. The zero-order chi connectivity index (χ0) is 14.8. The maximum Gasteiger partial charge on any atom is 0.258 e. The molecule has 0 saturated heterocycles. The Morgan fingerprint density at radius 3 is 2.83 bits per heavy atom. The molecule has 0 bridgehead atoms. The summed E-state index contributed by atoms with van der Waals surface area (Å²) in [5.74, 6) is -0.106. The highest BCUT2D eigenvalue weighted by Crippen LogP contribution is 2.25. The average Bonchev–Trinajstić information content (AvgIpc) is 2.48. The van der Waals surface area contributed by atoms with Gasteiger partial charge in [-0.25, -0.2) is 4.98 Å². The zero-order valence-corrected chi connectivity index (χ0v) is 14.1. The Hall–Kier alpha value is -1.63. The quantitative estimate of drug-likeness (QED) is 0.765. The van der Waals surface area contributed by atoms with Gasteiger partial charge in [-0.2, -0.15) is 0 Å². The fraction of sp³-hybridized carbons (Fsp3) is 0.400. The Morgan fingerprint density at radius 2 is 2.09 bits per heavy atom. The second-order valence-corrected chi connectivity index (χ2v) is 5.55. The van der Waals surface area contributed by atoms with Crippen LogP contribution in [0.1, 0.15) is 25.7 Å². The standard InChI is InChI=1S/C15H18N4O2.2ClH/c16-10-4-1-3-9(7-10)14(20)19-12-6-2-5-11-13(12)17-8-18-15(11)21;;/h2,5-6,8-10H,1,3-4,7,16H2,(H,19,20)(H,17,18,21);2*1H/t9-,10-;;/m0../s1. The molecule has 2 atom stereocenters. The number of fused-ring (bicyclic) bond motifs is 1. The van der Waals surface area contributed by atoms with Crippen molar-refractivity contribution in [3.8, 4) is 0 Å². The summed E-state index contributed by atoms with van der Waals surface area (Å²) in [6.07, 6.45) is 4.88. The van der Waals surface area contributed by atoms with Gasteiger partial charge in [0.05, 0.1) is 17.4 Å². The number of nitrogens with two attached hydrogens (primary N) is 1. The molecule has 8 heteroatoms. The van der Waals surface area contributed by atoms with Crippen molar-refractivity contribution in [3.05, 3.63) is 34.9 Å². The first kappa shape index (κ1) is 19.4. The van der Waals surface area contributed by atoms with Gasteiger partial charge in [0.2, 0.25) is 5.91 Å². The fourth-order valence-electron chi connectivity index (χ4n) is 2.90. The van der Waals surface area contributed by atoms with Crippen LogP contribution in [-0.2, 0) is 4.79 Å². The van der Waals surface area contributed by atoms with Gasteiger partial charge in [0.15, 0.2) is 0 Å². The highest BCUT2D eigenvalue weighted by Gasteiger charge is 2.25. The van der Waals surface area contributed by atoms with E-state index in [0.717, 1.165) is 19.3 Å². The maximum atomic E-state index is 12.4. The lowest BCUT2D eigenvalue weighted by Crippen LogP contribution is -2.34. The molecule has 0 spiro atoms. The van der Waals surface area contributed by atoms with E-state index in [1.54, 1.807) is 18.2 Å². The first-order chi connectivity index (χ1) is 10.1. The van der Waals surface area contributed by atoms with Crippen molar-refractivity contribution in [3.63, 3.8) is 0 Å². The molecule has 6 nitrogen and oxygen atoms in total. The van der Waals surface area contributed by atoms with Gasteiger partial charge in [-0.3, -0.25) is 9.59 Å². The number of rotatable bonds is 2. The lowest BCUT2D eigenvalue weighted by molar-refractivity contribution is -0.120. The number of amides is 1. The largest absolute Gasteiger partial charge is 0.328 e. The van der Waals surface area contributed by atoms with E-state index in [-0.39, 0.29) is 48.2 Å². The van der Waals surface area contributed by atoms with Gasteiger partial charge >= 0.3 is 0 Å². The Bertz CT molecular complexity index is 735. The number of nitrogens with zero attached hydrogens (tertiary/aromatic N) is 1. The first-order valence-corrected chi connectivity index (χ1v) is 7.18. The molecule has 1 aliphatic carbocycles.